The highest BCUT2D eigenvalue weighted by molar-refractivity contribution is 7.93. The Morgan fingerprint density at radius 1 is 1.22 bits per heavy atom. The summed E-state index contributed by atoms with van der Waals surface area (Å²) < 4.78 is 48.7. The second-order valence-electron chi connectivity index (χ2n) is 8.83. The molecule has 0 saturated carbocycles. The van der Waals surface area contributed by atoms with Gasteiger partial charge in [-0.2, -0.15) is 5.10 Å². The zero-order valence-electron chi connectivity index (χ0n) is 18.2. The molecule has 170 valence electrons. The molecule has 3 aromatic rings. The van der Waals surface area contributed by atoms with Gasteiger partial charge in [0.2, 0.25) is 0 Å². The predicted octanol–water partition coefficient (Wildman–Crippen LogP) is 2.00. The number of benzene rings is 1. The quantitative estimate of drug-likeness (QED) is 0.596. The van der Waals surface area contributed by atoms with E-state index >= 15 is 0 Å². The van der Waals surface area contributed by atoms with Gasteiger partial charge in [0.1, 0.15) is 11.2 Å². The Hall–Kier alpha value is -2.79. The Morgan fingerprint density at radius 3 is 2.50 bits per heavy atom. The zero-order valence-corrected chi connectivity index (χ0v) is 19.8. The normalized spacial score (nSPS) is 17.3. The number of nitrogens with one attached hydrogen (secondary N) is 1. The van der Waals surface area contributed by atoms with Crippen molar-refractivity contribution in [2.24, 2.45) is 0 Å². The second-order valence-corrected chi connectivity index (χ2v) is 12.9. The van der Waals surface area contributed by atoms with Crippen molar-refractivity contribution >= 4 is 36.6 Å². The van der Waals surface area contributed by atoms with Crippen LogP contribution in [0, 0.1) is 0 Å². The van der Waals surface area contributed by atoms with Gasteiger partial charge < -0.3 is 5.32 Å². The highest BCUT2D eigenvalue weighted by Gasteiger charge is 2.45. The summed E-state index contributed by atoms with van der Waals surface area (Å²) in [5, 5.41) is 7.44. The summed E-state index contributed by atoms with van der Waals surface area (Å²) in [6.45, 7) is 5.58. The van der Waals surface area contributed by atoms with Gasteiger partial charge >= 0.3 is 0 Å². The van der Waals surface area contributed by atoms with E-state index < -0.39 is 31.1 Å². The van der Waals surface area contributed by atoms with Crippen molar-refractivity contribution in [2.45, 2.75) is 37.2 Å². The lowest BCUT2D eigenvalue weighted by atomic mass is 10.1. The number of carbonyl (C=O) groups excluding carboxylic acids is 1. The molecule has 1 N–H and O–H groups in total. The molecule has 4 rings (SSSR count). The largest absolute Gasteiger partial charge is 0.345 e. The van der Waals surface area contributed by atoms with Crippen LogP contribution in [0.3, 0.4) is 0 Å². The number of rotatable bonds is 5. The van der Waals surface area contributed by atoms with Crippen LogP contribution in [0.2, 0.25) is 0 Å². The molecule has 3 heterocycles. The molecule has 0 unspecified atom stereocenters. The van der Waals surface area contributed by atoms with Gasteiger partial charge in [0.05, 0.1) is 33.0 Å². The fourth-order valence-corrected chi connectivity index (χ4v) is 6.62. The van der Waals surface area contributed by atoms with Gasteiger partial charge in [-0.25, -0.2) is 16.8 Å². The molecule has 0 bridgehead atoms. The summed E-state index contributed by atoms with van der Waals surface area (Å²) >= 11 is 0. The van der Waals surface area contributed by atoms with Gasteiger partial charge in [-0.15, -0.1) is 0 Å². The first-order valence-corrected chi connectivity index (χ1v) is 13.7. The van der Waals surface area contributed by atoms with Crippen LogP contribution in [0.1, 0.15) is 37.2 Å². The van der Waals surface area contributed by atoms with Crippen LogP contribution < -0.4 is 5.32 Å². The Kier molecular flexibility index (Phi) is 5.17. The van der Waals surface area contributed by atoms with Crippen LogP contribution in [0.15, 0.2) is 41.4 Å². The summed E-state index contributed by atoms with van der Waals surface area (Å²) in [7, 11) is -6.49. The molecule has 9 nitrogen and oxygen atoms in total. The number of pyridine rings is 1. The molecular formula is C21H24N4O5S2. The third kappa shape index (κ3) is 4.14. The molecule has 32 heavy (non-hydrogen) atoms. The molecule has 0 radical (unpaired) electrons. The van der Waals surface area contributed by atoms with Gasteiger partial charge in [-0.1, -0.05) is 12.1 Å². The summed E-state index contributed by atoms with van der Waals surface area (Å²) in [4.78, 5) is 17.4. The van der Waals surface area contributed by atoms with Crippen molar-refractivity contribution < 1.29 is 21.6 Å². The number of nitrogens with zero attached hydrogens (tertiary/aromatic N) is 3. The zero-order chi connectivity index (χ0) is 23.5. The van der Waals surface area contributed by atoms with Crippen LogP contribution in [0.25, 0.3) is 22.3 Å². The van der Waals surface area contributed by atoms with E-state index in [0.29, 0.717) is 27.9 Å². The van der Waals surface area contributed by atoms with Crippen molar-refractivity contribution in [1.82, 2.24) is 20.1 Å². The lowest BCUT2D eigenvalue weighted by Crippen LogP contribution is -2.63. The molecule has 0 atom stereocenters. The molecule has 1 saturated heterocycles. The smallest absolute Gasteiger partial charge is 0.253 e. The minimum absolute atomic E-state index is 0.0428. The third-order valence-electron chi connectivity index (χ3n) is 5.33. The molecule has 1 aliphatic heterocycles. The van der Waals surface area contributed by atoms with Crippen molar-refractivity contribution in [3.8, 4) is 11.3 Å². The number of hydrogen-bond acceptors (Lipinski definition) is 7. The fourth-order valence-electron chi connectivity index (χ4n) is 3.95. The third-order valence-corrected chi connectivity index (χ3v) is 8.59. The molecule has 0 spiro atoms. The van der Waals surface area contributed by atoms with Gasteiger partial charge in [-0.05, 0) is 39.0 Å². The predicted molar refractivity (Wildman–Crippen MR) is 121 cm³/mol. The van der Waals surface area contributed by atoms with Crippen LogP contribution in [-0.2, 0) is 19.7 Å². The van der Waals surface area contributed by atoms with E-state index in [9.17, 15) is 21.6 Å². The molecule has 2 aromatic heterocycles. The number of aromatic nitrogens is 3. The van der Waals surface area contributed by atoms with Crippen molar-refractivity contribution in [2.75, 3.05) is 17.8 Å². The first kappa shape index (κ1) is 22.4. The molecule has 0 aliphatic carbocycles. The van der Waals surface area contributed by atoms with Crippen LogP contribution >= 0.6 is 0 Å². The fraction of sp³-hybridized carbons (Fsp3) is 0.381. The maximum absolute atomic E-state index is 12.8. The maximum Gasteiger partial charge on any atom is 0.253 e. The van der Waals surface area contributed by atoms with E-state index in [4.69, 9.17) is 0 Å². The highest BCUT2D eigenvalue weighted by atomic mass is 32.2. The summed E-state index contributed by atoms with van der Waals surface area (Å²) in [5.74, 6) is -0.591. The lowest BCUT2D eigenvalue weighted by Gasteiger charge is -2.38. The van der Waals surface area contributed by atoms with Crippen LogP contribution in [0.4, 0.5) is 0 Å². The molecule has 1 amide bonds. The summed E-state index contributed by atoms with van der Waals surface area (Å²) in [5.41, 5.74) is 1.79. The minimum atomic E-state index is -3.39. The number of hydrogen-bond donors (Lipinski definition) is 1. The first-order valence-electron chi connectivity index (χ1n) is 10.00. The average Bonchev–Trinajstić information content (AvgIpc) is 3.04. The lowest BCUT2D eigenvalue weighted by molar-refractivity contribution is 0.0916. The minimum Gasteiger partial charge on any atom is -0.345 e. The van der Waals surface area contributed by atoms with Gasteiger partial charge in [0.15, 0.2) is 19.7 Å². The SMILES string of the molecule is CC(C)n1nc(-c2cccc(S(C)(=O)=O)c2)c2ncc(C(=O)NC3(C)CS(=O)(=O)C3)cc21. The molecule has 11 heteroatoms. The molecule has 1 fully saturated rings. The average molecular weight is 477 g/mol. The van der Waals surface area contributed by atoms with Crippen LogP contribution in [0.5, 0.6) is 0 Å². The standard InChI is InChI=1S/C21H24N4O5S2/c1-13(2)25-17-9-15(20(26)23-21(3)11-32(29,30)12-21)10-22-19(17)18(24-25)14-6-5-7-16(8-14)31(4,27)28/h5-10,13H,11-12H2,1-4H3,(H,23,26). The van der Waals surface area contributed by atoms with Gasteiger partial charge in [0.25, 0.3) is 5.91 Å². The van der Waals surface area contributed by atoms with Gasteiger partial charge in [-0.3, -0.25) is 14.5 Å². The van der Waals surface area contributed by atoms with Crippen molar-refractivity contribution in [3.63, 3.8) is 0 Å². The Labute approximate surface area is 186 Å². The number of fused-ring (bicyclic) bond motifs is 1. The van der Waals surface area contributed by atoms with E-state index in [1.807, 2.05) is 13.8 Å². The molecular weight excluding hydrogens is 452 g/mol. The Morgan fingerprint density at radius 2 is 1.91 bits per heavy atom. The number of sulfone groups is 2. The van der Waals surface area contributed by atoms with E-state index in [2.05, 4.69) is 15.4 Å². The van der Waals surface area contributed by atoms with Crippen molar-refractivity contribution in [3.05, 3.63) is 42.1 Å². The molecule has 1 aliphatic rings. The van der Waals surface area contributed by atoms with E-state index in [1.54, 1.807) is 35.9 Å². The van der Waals surface area contributed by atoms with E-state index in [1.165, 1.54) is 12.3 Å². The Bertz CT molecular complexity index is 1440. The summed E-state index contributed by atoms with van der Waals surface area (Å²) in [6.07, 6.45) is 2.57. The maximum atomic E-state index is 12.8. The van der Waals surface area contributed by atoms with E-state index in [0.717, 1.165) is 6.26 Å². The van der Waals surface area contributed by atoms with E-state index in [-0.39, 0.29) is 22.4 Å². The Balaban J connectivity index is 1.76. The number of amides is 1. The van der Waals surface area contributed by atoms with Gasteiger partial charge in [0, 0.05) is 24.1 Å². The number of carbonyl (C=O) groups is 1. The summed E-state index contributed by atoms with van der Waals surface area (Å²) in [6, 6.07) is 8.13. The van der Waals surface area contributed by atoms with Crippen LogP contribution in [-0.4, -0.2) is 60.8 Å². The molecule has 1 aromatic carbocycles. The monoisotopic (exact) mass is 476 g/mol. The van der Waals surface area contributed by atoms with Crippen molar-refractivity contribution in [1.29, 1.82) is 0 Å². The second kappa shape index (κ2) is 7.38. The topological polar surface area (TPSA) is 128 Å². The first-order chi connectivity index (χ1) is 14.8. The highest BCUT2D eigenvalue weighted by Crippen LogP contribution is 2.30.